The Morgan fingerprint density at radius 3 is 1.46 bits per heavy atom. The average Bonchev–Trinajstić information content (AvgIpc) is 1.55. The summed E-state index contributed by atoms with van der Waals surface area (Å²) in [6.07, 6.45) is 9.07. The molecule has 0 N–H and O–H groups in total. The first-order valence-corrected chi connectivity index (χ1v) is 46.9. The molecule has 738 valence electrons. The van der Waals surface area contributed by atoms with Crippen LogP contribution in [0.25, 0.3) is 105 Å². The Labute approximate surface area is 839 Å². The Morgan fingerprint density at radius 2 is 0.872 bits per heavy atom. The molecule has 2 atom stereocenters. The van der Waals surface area contributed by atoms with E-state index >= 15 is 0 Å². The topological polar surface area (TPSA) is 534 Å². The molecule has 0 saturated carbocycles. The minimum atomic E-state index is -3.91. The summed E-state index contributed by atoms with van der Waals surface area (Å²) in [5.41, 5.74) is 15.6. The van der Waals surface area contributed by atoms with Crippen molar-refractivity contribution in [2.45, 2.75) is 38.0 Å². The molecule has 4 aliphatic rings. The van der Waals surface area contributed by atoms with E-state index in [9.17, 15) is 42.0 Å². The largest absolute Gasteiger partial charge is 0.481 e. The van der Waals surface area contributed by atoms with E-state index in [1.165, 1.54) is 39.2 Å². The van der Waals surface area contributed by atoms with Crippen LogP contribution in [0.4, 0.5) is 0 Å². The third-order valence-corrected chi connectivity index (χ3v) is 23.8. The van der Waals surface area contributed by atoms with Gasteiger partial charge in [-0.1, -0.05) is 217 Å². The number of carbonyl (C=O) groups excluding carboxylic acids is 6. The van der Waals surface area contributed by atoms with Crippen molar-refractivity contribution in [2.75, 3.05) is 32.9 Å². The number of allylic oxidation sites excluding steroid dienone is 4. The van der Waals surface area contributed by atoms with Gasteiger partial charge >= 0.3 is 34.0 Å². The number of hydrogen-bond acceptors (Lipinski definition) is 37. The first-order valence-electron chi connectivity index (χ1n) is 45.5. The number of nitrogens with zero attached hydrogens (tertiary/aromatic N) is 30. The second-order valence-corrected chi connectivity index (χ2v) is 33.8. The summed E-state index contributed by atoms with van der Waals surface area (Å²) in [6.45, 7) is 5.91. The minimum absolute atomic E-state index is 0.0209. The summed E-state index contributed by atoms with van der Waals surface area (Å²) >= 11 is 0. The van der Waals surface area contributed by atoms with E-state index in [0.717, 1.165) is 97.2 Å². The van der Waals surface area contributed by atoms with Crippen molar-refractivity contribution < 1.29 is 70.1 Å². The van der Waals surface area contributed by atoms with E-state index in [0.29, 0.717) is 88.6 Å². The van der Waals surface area contributed by atoms with Crippen LogP contribution in [0.2, 0.25) is 0 Å². The zero-order valence-corrected chi connectivity index (χ0v) is 78.9. The van der Waals surface area contributed by atoms with E-state index < -0.39 is 22.1 Å². The SMILES string of the molecule is CC(=O)OCn1nnc2ccccc21.N#Cc1ccc2nnn(OC(=O)c3ccccc3)c2c1.O=C(OCn1nnc2ccccc21)c1ccccc1.O=C(On1nnc2ccccc21)c1ccccc1.O=C1COc2cccc3nnn1c23.O=C1c2cccc3nnn(c23)C2C=CC=CC12.O=S(=O)(On1nnc2ccccc21)c1ccccc1.O=c1cnn2nnc3cccc1c32.c1ccc2c(c1)nnn2CN1CCOCC1. The van der Waals surface area contributed by atoms with Gasteiger partial charge in [0.1, 0.15) is 93.4 Å². The molecule has 0 bridgehead atoms. The Kier molecular flexibility index (Phi) is 29.5. The molecule has 27 rings (SSSR count). The molecule has 0 radical (unpaired) electrons. The predicted molar refractivity (Wildman–Crippen MR) is 533 cm³/mol. The highest BCUT2D eigenvalue weighted by molar-refractivity contribution is 7.87. The fraction of sp³-hybridized carbons (Fsp3) is 0.108. The molecule has 1 aliphatic carbocycles. The summed E-state index contributed by atoms with van der Waals surface area (Å²) in [4.78, 5) is 96.9. The van der Waals surface area contributed by atoms with Gasteiger partial charge in [0.05, 0.1) is 88.3 Å². The van der Waals surface area contributed by atoms with Crippen LogP contribution in [-0.4, -0.2) is 222 Å². The first kappa shape index (κ1) is 97.3. The van der Waals surface area contributed by atoms with Gasteiger partial charge in [-0.3, -0.25) is 28.4 Å². The summed E-state index contributed by atoms with van der Waals surface area (Å²) < 4.78 is 59.1. The van der Waals surface area contributed by atoms with E-state index in [2.05, 4.69) is 109 Å². The molecular weight excluding hydrogens is 1930 g/mol. The Bertz CT molecular complexity index is 9060. The third kappa shape index (κ3) is 22.5. The highest BCUT2D eigenvalue weighted by Gasteiger charge is 2.37. The fourth-order valence-electron chi connectivity index (χ4n) is 15.4. The molecule has 0 amide bonds. The van der Waals surface area contributed by atoms with Crippen LogP contribution in [0.15, 0.2) is 356 Å². The molecule has 10 aromatic heterocycles. The van der Waals surface area contributed by atoms with Crippen molar-refractivity contribution in [1.29, 1.82) is 5.26 Å². The van der Waals surface area contributed by atoms with Gasteiger partial charge in [0.2, 0.25) is 5.43 Å². The van der Waals surface area contributed by atoms with Crippen molar-refractivity contribution in [2.24, 2.45) is 5.92 Å². The maximum absolute atomic E-state index is 12.4. The van der Waals surface area contributed by atoms with E-state index in [1.54, 1.807) is 187 Å². The van der Waals surface area contributed by atoms with Crippen molar-refractivity contribution in [3.05, 3.63) is 384 Å². The molecule has 2 unspecified atom stereocenters. The molecule has 0 spiro atoms. The molecule has 1 saturated heterocycles. The molecule has 47 heteroatoms. The summed E-state index contributed by atoms with van der Waals surface area (Å²) in [6, 6.07) is 94.5. The van der Waals surface area contributed by atoms with Crippen LogP contribution in [0.1, 0.15) is 64.8 Å². The van der Waals surface area contributed by atoms with Crippen molar-refractivity contribution >= 4 is 150 Å². The molecular formula is C102H78N30O16S. The lowest BCUT2D eigenvalue weighted by molar-refractivity contribution is -0.145. The second kappa shape index (κ2) is 45.2. The maximum Gasteiger partial charge on any atom is 0.365 e. The number of morpholine rings is 1. The number of ketones is 1. The van der Waals surface area contributed by atoms with Crippen LogP contribution in [0.3, 0.4) is 0 Å². The van der Waals surface area contributed by atoms with Gasteiger partial charge in [-0.25, -0.2) is 33.1 Å². The van der Waals surface area contributed by atoms with E-state index in [4.69, 9.17) is 38.2 Å². The third-order valence-electron chi connectivity index (χ3n) is 22.6. The Morgan fingerprint density at radius 1 is 0.423 bits per heavy atom. The average molecular weight is 2010 g/mol. The molecule has 1 fully saturated rings. The zero-order valence-electron chi connectivity index (χ0n) is 78.1. The number of ether oxygens (including phenoxy) is 4. The zero-order chi connectivity index (χ0) is 103. The van der Waals surface area contributed by atoms with Crippen LogP contribution in [0, 0.1) is 17.2 Å². The lowest BCUT2D eigenvalue weighted by Gasteiger charge is -2.28. The summed E-state index contributed by atoms with van der Waals surface area (Å²) in [5.74, 6) is -1.20. The number of rotatable bonds is 14. The predicted octanol–water partition coefficient (Wildman–Crippen LogP) is 10.9. The highest BCUT2D eigenvalue weighted by Crippen LogP contribution is 2.37. The minimum Gasteiger partial charge on any atom is -0.481 e. The lowest BCUT2D eigenvalue weighted by Crippen LogP contribution is -2.37. The van der Waals surface area contributed by atoms with Crippen LogP contribution in [0.5, 0.6) is 5.75 Å². The molecule has 149 heavy (non-hydrogen) atoms. The Hall–Kier alpha value is -20.5. The van der Waals surface area contributed by atoms with E-state index in [-0.39, 0.29) is 66.0 Å². The van der Waals surface area contributed by atoms with E-state index in [1.807, 2.05) is 155 Å². The number of Topliss-reactive ketones (excluding diaryl/α,β-unsaturated/α-hetero) is 1. The van der Waals surface area contributed by atoms with Gasteiger partial charge in [0, 0.05) is 25.6 Å². The smallest absolute Gasteiger partial charge is 0.365 e. The number of nitriles is 1. The number of esters is 2. The number of aromatic nitrogens is 28. The van der Waals surface area contributed by atoms with Gasteiger partial charge in [0.15, 0.2) is 25.9 Å². The van der Waals surface area contributed by atoms with Crippen molar-refractivity contribution in [1.82, 2.24) is 145 Å². The molecule has 13 heterocycles. The number of hydrogen-bond donors (Lipinski definition) is 0. The summed E-state index contributed by atoms with van der Waals surface area (Å²) in [5, 5.41) is 83.7. The number of para-hydroxylation sites is 8. The molecule has 23 aromatic rings. The van der Waals surface area contributed by atoms with Crippen molar-refractivity contribution in [3.8, 4) is 11.8 Å². The van der Waals surface area contributed by atoms with Gasteiger partial charge in [-0.05, 0) is 185 Å². The summed E-state index contributed by atoms with van der Waals surface area (Å²) in [7, 11) is -3.91. The van der Waals surface area contributed by atoms with Crippen LogP contribution < -0.4 is 24.1 Å². The number of benzene rings is 13. The standard InChI is InChI=1S/C14H8N4O2.C14H11N3O2.C13H9N3O2.C13H9N3O.C12H9N3O3S.C11H14N4O.C9H9N3O2.C8H4N4O.C8H5N3O2/c15-9-10-6-7-12-13(8-10)18(17-16-12)20-14(19)11-4-2-1-3-5-11;18-14(11-6-2-1-3-7-11)19-10-17-13-9-5-4-8-12(13)15-16-17;17-13(10-6-2-1-3-7-10)18-16-12-9-5-4-8-11(12)14-15-16;17-13-8-4-1-2-7-11(8)16-12-9(13)5-3-6-10(12)14-15-16;16-19(17,10-6-2-1-3-7-10)18-15-12-9-5-4-8-11(12)13-14-15;1-2-4-11-10(3-1)12-13-15(11)9-14-5-7-16-8-6-14;1-7(13)14-6-12-9-5-3-2-4-8(9)10-11-12;13-7-4-9-12-8-5(7)2-1-3-6(8)10-11-12;12-7-4-13-6-3-1-2-5-8(6)11(7)10-9-5/h1-8H;1-9H,10H2;1-9H;1-8,11H;1-9H;1-4H,5-9H2;2-5H,6H2,1H3;1-4H;1-3H,4H2. The van der Waals surface area contributed by atoms with Crippen LogP contribution >= 0.6 is 0 Å². The maximum atomic E-state index is 12.4. The second-order valence-electron chi connectivity index (χ2n) is 32.2. The van der Waals surface area contributed by atoms with Crippen LogP contribution in [-0.2, 0) is 49.3 Å². The van der Waals surface area contributed by atoms with Gasteiger partial charge in [0.25, 0.3) is 5.91 Å². The lowest BCUT2D eigenvalue weighted by atomic mass is 9.84. The van der Waals surface area contributed by atoms with Gasteiger partial charge in [-0.15, -0.1) is 50.5 Å². The highest BCUT2D eigenvalue weighted by atomic mass is 32.2. The fourth-order valence-corrected chi connectivity index (χ4v) is 16.3. The number of fused-ring (bicyclic) bond motifs is 8. The number of carbonyl (C=O) groups is 6. The Balaban J connectivity index is 0.000000106. The van der Waals surface area contributed by atoms with Gasteiger partial charge < -0.3 is 28.6 Å². The van der Waals surface area contributed by atoms with Gasteiger partial charge in [-0.2, -0.15) is 23.5 Å². The molecule has 46 nitrogen and oxygen atoms in total. The molecule has 13 aromatic carbocycles. The quantitative estimate of drug-likeness (QED) is 0.0721. The van der Waals surface area contributed by atoms with Crippen molar-refractivity contribution in [3.63, 3.8) is 0 Å². The first-order chi connectivity index (χ1) is 72.9. The monoisotopic (exact) mass is 2010 g/mol. The molecule has 3 aliphatic heterocycles. The normalized spacial score (nSPS) is 13.5.